The minimum Gasteiger partial charge on any atom is -0.497 e. The Hall–Kier alpha value is -3.12. The smallest absolute Gasteiger partial charge is 0.282 e. The lowest BCUT2D eigenvalue weighted by Crippen LogP contribution is -2.52. The zero-order valence-corrected chi connectivity index (χ0v) is 22.6. The van der Waals surface area contributed by atoms with Gasteiger partial charge < -0.3 is 4.74 Å². The van der Waals surface area contributed by atoms with E-state index in [0.717, 1.165) is 16.1 Å². The van der Waals surface area contributed by atoms with E-state index in [2.05, 4.69) is 31.9 Å². The number of hydrazine groups is 1. The van der Waals surface area contributed by atoms with Crippen molar-refractivity contribution >= 4 is 61.1 Å². The predicted molar refractivity (Wildman–Crippen MR) is 137 cm³/mol. The molecule has 0 spiro atoms. The second kappa shape index (κ2) is 9.64. The SMILES string of the molecule is COc1cccc(C(=O)CN(C(=O)c2ccccc2[N+](=O)[O-])N2C(=O)[C@@H]3[C@H]4C[C@@H]([C@H](Br)[C@@H]4Br)[C@@H]3C2=O)c1. The molecule has 2 aromatic rings. The predicted octanol–water partition coefficient (Wildman–Crippen LogP) is 3.62. The van der Waals surface area contributed by atoms with Crippen molar-refractivity contribution in [1.29, 1.82) is 0 Å². The van der Waals surface area contributed by atoms with Crippen LogP contribution in [0.1, 0.15) is 27.1 Å². The largest absolute Gasteiger partial charge is 0.497 e. The Labute approximate surface area is 228 Å². The molecule has 37 heavy (non-hydrogen) atoms. The van der Waals surface area contributed by atoms with Crippen molar-refractivity contribution in [2.45, 2.75) is 16.1 Å². The van der Waals surface area contributed by atoms with Gasteiger partial charge in [0.25, 0.3) is 23.4 Å². The summed E-state index contributed by atoms with van der Waals surface area (Å²) in [6, 6.07) is 11.5. The summed E-state index contributed by atoms with van der Waals surface area (Å²) >= 11 is 7.25. The van der Waals surface area contributed by atoms with Crippen LogP contribution in [0.4, 0.5) is 5.69 Å². The molecule has 1 saturated heterocycles. The molecule has 6 atom stereocenters. The number of nitro groups is 1. The number of rotatable bonds is 7. The fraction of sp³-hybridized carbons (Fsp3) is 0.360. The molecule has 12 heteroatoms. The van der Waals surface area contributed by atoms with E-state index in [-0.39, 0.29) is 32.6 Å². The summed E-state index contributed by atoms with van der Waals surface area (Å²) in [6.07, 6.45) is 0.688. The average molecular weight is 635 g/mol. The van der Waals surface area contributed by atoms with Crippen molar-refractivity contribution in [1.82, 2.24) is 10.0 Å². The van der Waals surface area contributed by atoms with E-state index < -0.39 is 52.5 Å². The Morgan fingerprint density at radius 1 is 1.05 bits per heavy atom. The first-order chi connectivity index (χ1) is 17.6. The first-order valence-corrected chi connectivity index (χ1v) is 13.4. The molecule has 0 radical (unpaired) electrons. The number of benzene rings is 2. The molecule has 2 aliphatic carbocycles. The van der Waals surface area contributed by atoms with Gasteiger partial charge in [-0.2, -0.15) is 5.01 Å². The number of halogens is 2. The summed E-state index contributed by atoms with van der Waals surface area (Å²) in [4.78, 5) is 65.2. The monoisotopic (exact) mass is 633 g/mol. The van der Waals surface area contributed by atoms with Gasteiger partial charge in [0.15, 0.2) is 5.78 Å². The maximum atomic E-state index is 13.7. The number of alkyl halides is 2. The molecule has 3 fully saturated rings. The maximum Gasteiger partial charge on any atom is 0.282 e. The number of ketones is 1. The number of nitro benzene ring substituents is 1. The van der Waals surface area contributed by atoms with Gasteiger partial charge in [-0.05, 0) is 36.5 Å². The number of carbonyl (C=O) groups excluding carboxylic acids is 4. The maximum absolute atomic E-state index is 13.7. The minimum absolute atomic E-state index is 0.0202. The van der Waals surface area contributed by atoms with Gasteiger partial charge in [0, 0.05) is 21.3 Å². The highest BCUT2D eigenvalue weighted by Gasteiger charge is 2.67. The van der Waals surface area contributed by atoms with Crippen LogP contribution in [0, 0.1) is 33.8 Å². The number of methoxy groups -OCH3 is 1. The number of hydrogen-bond acceptors (Lipinski definition) is 7. The highest BCUT2D eigenvalue weighted by molar-refractivity contribution is 9.12. The minimum atomic E-state index is -0.983. The number of carbonyl (C=O) groups is 4. The van der Waals surface area contributed by atoms with E-state index in [1.165, 1.54) is 37.4 Å². The van der Waals surface area contributed by atoms with E-state index in [1.807, 2.05) is 0 Å². The van der Waals surface area contributed by atoms with E-state index in [0.29, 0.717) is 12.2 Å². The molecule has 10 nitrogen and oxygen atoms in total. The van der Waals surface area contributed by atoms with Gasteiger partial charge in [0.1, 0.15) is 17.9 Å². The van der Waals surface area contributed by atoms with Crippen molar-refractivity contribution < 1.29 is 28.8 Å². The lowest BCUT2D eigenvalue weighted by Gasteiger charge is -2.30. The number of Topliss-reactive ketones (excluding diaryl/α,β-unsaturated/α-hetero) is 1. The van der Waals surface area contributed by atoms with E-state index in [9.17, 15) is 29.3 Å². The summed E-state index contributed by atoms with van der Waals surface area (Å²) in [5, 5.41) is 13.1. The summed E-state index contributed by atoms with van der Waals surface area (Å²) in [7, 11) is 1.44. The van der Waals surface area contributed by atoms with Crippen LogP contribution in [0.15, 0.2) is 48.5 Å². The molecular weight excluding hydrogens is 614 g/mol. The number of fused-ring (bicyclic) bond motifs is 5. The normalized spacial score (nSPS) is 27.8. The molecule has 1 heterocycles. The standard InChI is InChI=1S/C25H21Br2N3O7/c1-37-13-6-4-5-12(9-13)18(31)11-28(23(32)14-7-2-3-8-17(14)30(35)36)29-24(33)19-15-10-16(20(19)25(29)34)22(27)21(15)26/h2-9,15-16,19-22H,10-11H2,1H3/t15-,16-,19-,20+,21-,22+/m1/s1. The van der Waals surface area contributed by atoms with Crippen LogP contribution < -0.4 is 4.74 Å². The van der Waals surface area contributed by atoms with Gasteiger partial charge in [0.2, 0.25) is 0 Å². The fourth-order valence-electron chi connectivity index (χ4n) is 5.78. The lowest BCUT2D eigenvalue weighted by molar-refractivity contribution is -0.385. The molecule has 2 aromatic carbocycles. The van der Waals surface area contributed by atoms with Crippen LogP contribution in [-0.2, 0) is 9.59 Å². The molecule has 0 aromatic heterocycles. The third kappa shape index (κ3) is 4.06. The zero-order valence-electron chi connectivity index (χ0n) is 19.5. The number of amides is 3. The Balaban J connectivity index is 1.55. The van der Waals surface area contributed by atoms with E-state index in [1.54, 1.807) is 12.1 Å². The van der Waals surface area contributed by atoms with Gasteiger partial charge in [-0.15, -0.1) is 0 Å². The van der Waals surface area contributed by atoms with Crippen LogP contribution in [-0.4, -0.2) is 61.8 Å². The van der Waals surface area contributed by atoms with Gasteiger partial charge in [-0.1, -0.05) is 56.1 Å². The second-order valence-electron chi connectivity index (χ2n) is 9.28. The summed E-state index contributed by atoms with van der Waals surface area (Å²) in [6.45, 7) is -0.667. The summed E-state index contributed by atoms with van der Waals surface area (Å²) < 4.78 is 5.17. The van der Waals surface area contributed by atoms with Crippen molar-refractivity contribution in [3.8, 4) is 5.75 Å². The van der Waals surface area contributed by atoms with Gasteiger partial charge >= 0.3 is 0 Å². The van der Waals surface area contributed by atoms with Crippen molar-refractivity contribution in [3.63, 3.8) is 0 Å². The number of hydrogen-bond donors (Lipinski definition) is 0. The van der Waals surface area contributed by atoms with Crippen molar-refractivity contribution in [3.05, 3.63) is 69.8 Å². The van der Waals surface area contributed by atoms with Crippen LogP contribution in [0.25, 0.3) is 0 Å². The average Bonchev–Trinajstić information content (AvgIpc) is 3.51. The molecular formula is C25H21Br2N3O7. The first-order valence-electron chi connectivity index (χ1n) is 11.5. The van der Waals surface area contributed by atoms with Crippen molar-refractivity contribution in [2.24, 2.45) is 23.7 Å². The molecule has 2 bridgehead atoms. The zero-order chi connectivity index (χ0) is 26.6. The Bertz CT molecular complexity index is 1300. The number of para-hydroxylation sites is 1. The number of nitrogens with zero attached hydrogens (tertiary/aromatic N) is 3. The second-order valence-corrected chi connectivity index (χ2v) is 11.4. The van der Waals surface area contributed by atoms with E-state index in [4.69, 9.17) is 4.74 Å². The van der Waals surface area contributed by atoms with Crippen LogP contribution in [0.5, 0.6) is 5.75 Å². The summed E-state index contributed by atoms with van der Waals surface area (Å²) in [5.41, 5.74) is -0.629. The third-order valence-electron chi connectivity index (χ3n) is 7.46. The third-order valence-corrected chi connectivity index (χ3v) is 10.7. The first kappa shape index (κ1) is 25.5. The number of ether oxygens (including phenoxy) is 1. The van der Waals surface area contributed by atoms with Crippen LogP contribution >= 0.6 is 31.9 Å². The molecule has 3 amide bonds. The highest BCUT2D eigenvalue weighted by Crippen LogP contribution is 2.60. The number of imide groups is 1. The highest BCUT2D eigenvalue weighted by atomic mass is 79.9. The summed E-state index contributed by atoms with van der Waals surface area (Å²) in [5.74, 6) is -3.78. The molecule has 0 N–H and O–H groups in total. The molecule has 0 unspecified atom stereocenters. The molecule has 192 valence electrons. The molecule has 3 aliphatic rings. The Kier molecular flexibility index (Phi) is 6.65. The van der Waals surface area contributed by atoms with E-state index >= 15 is 0 Å². The topological polar surface area (TPSA) is 127 Å². The molecule has 2 saturated carbocycles. The van der Waals surface area contributed by atoms with Gasteiger partial charge in [-0.25, -0.2) is 5.01 Å². The van der Waals surface area contributed by atoms with Crippen LogP contribution in [0.3, 0.4) is 0 Å². The van der Waals surface area contributed by atoms with Gasteiger partial charge in [0.05, 0.1) is 23.9 Å². The molecule has 5 rings (SSSR count). The Morgan fingerprint density at radius 2 is 1.68 bits per heavy atom. The van der Waals surface area contributed by atoms with Crippen molar-refractivity contribution in [2.75, 3.05) is 13.7 Å². The lowest BCUT2D eigenvalue weighted by atomic mass is 9.81. The quantitative estimate of drug-likeness (QED) is 0.150. The molecule has 1 aliphatic heterocycles. The Morgan fingerprint density at radius 3 is 2.27 bits per heavy atom. The fourth-order valence-corrected chi connectivity index (χ4v) is 7.65. The van der Waals surface area contributed by atoms with Crippen LogP contribution in [0.2, 0.25) is 0 Å². The van der Waals surface area contributed by atoms with Gasteiger partial charge in [-0.3, -0.25) is 29.3 Å².